The van der Waals surface area contributed by atoms with Crippen LogP contribution in [-0.4, -0.2) is 30.6 Å². The summed E-state index contributed by atoms with van der Waals surface area (Å²) in [7, 11) is 0. The molecule has 0 radical (unpaired) electrons. The van der Waals surface area contributed by atoms with Crippen LogP contribution in [-0.2, 0) is 0 Å². The molecule has 3 rings (SSSR count). The zero-order valence-electron chi connectivity index (χ0n) is 11.9. The lowest BCUT2D eigenvalue weighted by Crippen LogP contribution is -2.27. The number of benzene rings is 1. The van der Waals surface area contributed by atoms with Gasteiger partial charge < -0.3 is 5.32 Å². The highest BCUT2D eigenvalue weighted by atomic mass is 16.1. The van der Waals surface area contributed by atoms with Crippen LogP contribution in [0.3, 0.4) is 0 Å². The van der Waals surface area contributed by atoms with Crippen molar-refractivity contribution in [2.45, 2.75) is 13.0 Å². The molecule has 0 saturated heterocycles. The highest BCUT2D eigenvalue weighted by Gasteiger charge is 2.12. The van der Waals surface area contributed by atoms with Crippen molar-refractivity contribution in [2.75, 3.05) is 0 Å². The number of carbonyl (C=O) groups excluding carboxylic acids is 1. The second kappa shape index (κ2) is 6.13. The van der Waals surface area contributed by atoms with E-state index in [1.807, 2.05) is 31.2 Å². The number of amides is 1. The first kappa shape index (κ1) is 13.9. The summed E-state index contributed by atoms with van der Waals surface area (Å²) in [4.78, 5) is 23.8. The van der Waals surface area contributed by atoms with Crippen LogP contribution in [0.25, 0.3) is 5.69 Å². The molecule has 1 amide bonds. The summed E-state index contributed by atoms with van der Waals surface area (Å²) < 4.78 is 1.67. The fraction of sp³-hybridized carbons (Fsp3) is 0.133. The summed E-state index contributed by atoms with van der Waals surface area (Å²) in [6.07, 6.45) is 7.58. The number of nitrogens with one attached hydrogen (secondary N) is 1. The van der Waals surface area contributed by atoms with Gasteiger partial charge in [-0.2, -0.15) is 5.10 Å². The van der Waals surface area contributed by atoms with E-state index in [0.717, 1.165) is 11.3 Å². The monoisotopic (exact) mass is 294 g/mol. The molecule has 0 fully saturated rings. The Hall–Kier alpha value is -3.09. The van der Waals surface area contributed by atoms with Gasteiger partial charge in [0.05, 0.1) is 17.9 Å². The van der Waals surface area contributed by atoms with Crippen LogP contribution in [0.2, 0.25) is 0 Å². The SMILES string of the molecule is CC(NC(=O)c1cnccn1)c1ccc(-n2cncn2)cc1. The van der Waals surface area contributed by atoms with Crippen molar-refractivity contribution in [3.05, 3.63) is 66.8 Å². The molecule has 3 aromatic rings. The molecule has 0 spiro atoms. The van der Waals surface area contributed by atoms with Gasteiger partial charge in [-0.05, 0) is 24.6 Å². The normalized spacial score (nSPS) is 11.9. The molecule has 0 aliphatic rings. The van der Waals surface area contributed by atoms with Crippen molar-refractivity contribution in [3.8, 4) is 5.69 Å². The maximum Gasteiger partial charge on any atom is 0.271 e. The van der Waals surface area contributed by atoms with Gasteiger partial charge in [0.15, 0.2) is 0 Å². The van der Waals surface area contributed by atoms with E-state index in [1.165, 1.54) is 24.9 Å². The molecule has 0 saturated carbocycles. The maximum atomic E-state index is 12.0. The van der Waals surface area contributed by atoms with Crippen molar-refractivity contribution in [1.29, 1.82) is 0 Å². The maximum absolute atomic E-state index is 12.0. The highest BCUT2D eigenvalue weighted by Crippen LogP contribution is 2.15. The zero-order chi connectivity index (χ0) is 15.4. The summed E-state index contributed by atoms with van der Waals surface area (Å²) in [5, 5.41) is 6.96. The van der Waals surface area contributed by atoms with Gasteiger partial charge in [-0.1, -0.05) is 12.1 Å². The van der Waals surface area contributed by atoms with Crippen LogP contribution >= 0.6 is 0 Å². The molecule has 0 bridgehead atoms. The fourth-order valence-corrected chi connectivity index (χ4v) is 2.03. The molecule has 0 aliphatic heterocycles. The molecule has 1 unspecified atom stereocenters. The van der Waals surface area contributed by atoms with E-state index in [9.17, 15) is 4.79 Å². The van der Waals surface area contributed by atoms with Crippen LogP contribution in [0.5, 0.6) is 0 Å². The minimum absolute atomic E-state index is 0.140. The smallest absolute Gasteiger partial charge is 0.271 e. The molecule has 2 aromatic heterocycles. The Morgan fingerprint density at radius 2 is 2.00 bits per heavy atom. The molecule has 22 heavy (non-hydrogen) atoms. The summed E-state index contributed by atoms with van der Waals surface area (Å²) in [6, 6.07) is 7.60. The van der Waals surface area contributed by atoms with Gasteiger partial charge in [-0.25, -0.2) is 14.6 Å². The van der Waals surface area contributed by atoms with Crippen LogP contribution in [0.4, 0.5) is 0 Å². The zero-order valence-corrected chi connectivity index (χ0v) is 11.9. The lowest BCUT2D eigenvalue weighted by molar-refractivity contribution is 0.0934. The summed E-state index contributed by atoms with van der Waals surface area (Å²) >= 11 is 0. The van der Waals surface area contributed by atoms with Gasteiger partial charge in [0.2, 0.25) is 0 Å². The highest BCUT2D eigenvalue weighted by molar-refractivity contribution is 5.92. The summed E-state index contributed by atoms with van der Waals surface area (Å²) in [5.41, 5.74) is 2.20. The lowest BCUT2D eigenvalue weighted by Gasteiger charge is -2.14. The topological polar surface area (TPSA) is 85.6 Å². The first-order chi connectivity index (χ1) is 10.7. The first-order valence-corrected chi connectivity index (χ1v) is 6.76. The second-order valence-electron chi connectivity index (χ2n) is 4.72. The Kier molecular flexibility index (Phi) is 3.86. The third-order valence-corrected chi connectivity index (χ3v) is 3.22. The Balaban J connectivity index is 1.70. The van der Waals surface area contributed by atoms with Crippen LogP contribution in [0.1, 0.15) is 29.0 Å². The Bertz CT molecular complexity index is 739. The summed E-state index contributed by atoms with van der Waals surface area (Å²) in [5.74, 6) is -0.249. The van der Waals surface area contributed by atoms with Gasteiger partial charge in [-0.3, -0.25) is 9.78 Å². The van der Waals surface area contributed by atoms with Gasteiger partial charge in [-0.15, -0.1) is 0 Å². The Labute approximate surface area is 127 Å². The number of hydrogen-bond donors (Lipinski definition) is 1. The van der Waals surface area contributed by atoms with E-state index in [0.29, 0.717) is 5.69 Å². The van der Waals surface area contributed by atoms with E-state index in [4.69, 9.17) is 0 Å². The van der Waals surface area contributed by atoms with Gasteiger partial charge in [0.25, 0.3) is 5.91 Å². The predicted octanol–water partition coefficient (Wildman–Crippen LogP) is 1.55. The average Bonchev–Trinajstić information content (AvgIpc) is 3.10. The molecule has 1 aromatic carbocycles. The van der Waals surface area contributed by atoms with E-state index in [2.05, 4.69) is 25.4 Å². The van der Waals surface area contributed by atoms with Crippen LogP contribution in [0, 0.1) is 0 Å². The predicted molar refractivity (Wildman–Crippen MR) is 79.3 cm³/mol. The first-order valence-electron chi connectivity index (χ1n) is 6.76. The van der Waals surface area contributed by atoms with Crippen molar-refractivity contribution in [1.82, 2.24) is 30.0 Å². The van der Waals surface area contributed by atoms with E-state index in [1.54, 1.807) is 11.0 Å². The molecule has 1 atom stereocenters. The summed E-state index contributed by atoms with van der Waals surface area (Å²) in [6.45, 7) is 1.92. The molecule has 7 nitrogen and oxygen atoms in total. The fourth-order valence-electron chi connectivity index (χ4n) is 2.03. The van der Waals surface area contributed by atoms with E-state index in [-0.39, 0.29) is 11.9 Å². The van der Waals surface area contributed by atoms with Crippen LogP contribution < -0.4 is 5.32 Å². The Morgan fingerprint density at radius 3 is 2.64 bits per heavy atom. The number of nitrogens with zero attached hydrogens (tertiary/aromatic N) is 5. The number of rotatable bonds is 4. The second-order valence-corrected chi connectivity index (χ2v) is 4.72. The van der Waals surface area contributed by atoms with Gasteiger partial charge in [0.1, 0.15) is 18.3 Å². The van der Waals surface area contributed by atoms with Gasteiger partial charge >= 0.3 is 0 Å². The van der Waals surface area contributed by atoms with E-state index < -0.39 is 0 Å². The largest absolute Gasteiger partial charge is 0.344 e. The molecular formula is C15H14N6O. The molecule has 2 heterocycles. The lowest BCUT2D eigenvalue weighted by atomic mass is 10.1. The molecule has 110 valence electrons. The number of aromatic nitrogens is 5. The van der Waals surface area contributed by atoms with Gasteiger partial charge in [0, 0.05) is 12.4 Å². The van der Waals surface area contributed by atoms with Crippen molar-refractivity contribution in [2.24, 2.45) is 0 Å². The third-order valence-electron chi connectivity index (χ3n) is 3.22. The number of carbonyl (C=O) groups is 1. The molecule has 0 aliphatic carbocycles. The molecule has 1 N–H and O–H groups in total. The minimum atomic E-state index is -0.249. The minimum Gasteiger partial charge on any atom is -0.344 e. The van der Waals surface area contributed by atoms with Crippen molar-refractivity contribution < 1.29 is 4.79 Å². The van der Waals surface area contributed by atoms with Crippen molar-refractivity contribution in [3.63, 3.8) is 0 Å². The van der Waals surface area contributed by atoms with Crippen LogP contribution in [0.15, 0.2) is 55.5 Å². The average molecular weight is 294 g/mol. The van der Waals surface area contributed by atoms with Crippen molar-refractivity contribution >= 4 is 5.91 Å². The number of hydrogen-bond acceptors (Lipinski definition) is 5. The standard InChI is InChI=1S/C15H14N6O/c1-11(20-15(22)14-8-16-6-7-18-14)12-2-4-13(5-3-12)21-10-17-9-19-21/h2-11H,1H3,(H,20,22). The quantitative estimate of drug-likeness (QED) is 0.789. The van der Waals surface area contributed by atoms with E-state index >= 15 is 0 Å². The third kappa shape index (κ3) is 2.98. The molecular weight excluding hydrogens is 280 g/mol. The Morgan fingerprint density at radius 1 is 1.18 bits per heavy atom. The molecule has 7 heteroatoms.